The number of benzene rings is 2. The molecule has 0 aliphatic heterocycles. The normalized spacial score (nSPS) is 14.7. The van der Waals surface area contributed by atoms with E-state index in [1.54, 1.807) is 18.2 Å². The number of nitrogens with one attached hydrogen (secondary N) is 1. The average Bonchev–Trinajstić information content (AvgIpc) is 2.69. The van der Waals surface area contributed by atoms with Gasteiger partial charge in [0.2, 0.25) is 0 Å². The molecule has 2 aromatic rings. The van der Waals surface area contributed by atoms with Crippen molar-refractivity contribution >= 4 is 33.5 Å². The minimum absolute atomic E-state index is 0.243. The molecule has 1 saturated carbocycles. The van der Waals surface area contributed by atoms with Crippen LogP contribution in [-0.2, 0) is 4.74 Å². The molecule has 0 aromatic heterocycles. The van der Waals surface area contributed by atoms with E-state index in [1.807, 2.05) is 24.3 Å². The highest BCUT2D eigenvalue weighted by Gasteiger charge is 2.17. The number of hydrogen-bond donors (Lipinski definition) is 1. The Morgan fingerprint density at radius 3 is 2.38 bits per heavy atom. The van der Waals surface area contributed by atoms with Crippen LogP contribution in [0.2, 0.25) is 0 Å². The summed E-state index contributed by atoms with van der Waals surface area (Å²) in [6.45, 7) is 0. The third kappa shape index (κ3) is 4.33. The molecule has 0 heterocycles. The quantitative estimate of drug-likeness (QED) is 0.667. The van der Waals surface area contributed by atoms with Gasteiger partial charge in [-0.05, 0) is 54.7 Å². The summed E-state index contributed by atoms with van der Waals surface area (Å²) in [5.41, 5.74) is 2.62. The molecular formula is C21H22BrNO3. The van der Waals surface area contributed by atoms with Crippen molar-refractivity contribution in [2.75, 3.05) is 12.4 Å². The highest BCUT2D eigenvalue weighted by Crippen LogP contribution is 2.32. The van der Waals surface area contributed by atoms with Crippen molar-refractivity contribution < 1.29 is 14.3 Å². The van der Waals surface area contributed by atoms with Gasteiger partial charge in [-0.3, -0.25) is 4.79 Å². The minimum atomic E-state index is -0.491. The largest absolute Gasteiger partial charge is 0.465 e. The third-order valence-corrected chi connectivity index (χ3v) is 5.38. The molecule has 26 heavy (non-hydrogen) atoms. The van der Waals surface area contributed by atoms with Gasteiger partial charge in [-0.15, -0.1) is 0 Å². The molecule has 0 unspecified atom stereocenters. The molecule has 0 atom stereocenters. The Morgan fingerprint density at radius 2 is 1.73 bits per heavy atom. The molecule has 5 heteroatoms. The van der Waals surface area contributed by atoms with Gasteiger partial charge < -0.3 is 10.1 Å². The Labute approximate surface area is 162 Å². The summed E-state index contributed by atoms with van der Waals surface area (Å²) in [6, 6.07) is 12.9. The molecule has 1 N–H and O–H groups in total. The fourth-order valence-electron chi connectivity index (χ4n) is 3.44. The SMILES string of the molecule is COC(=O)c1cc(Br)ccc1NC(=O)c1ccc(C2CCCCC2)cc1. The van der Waals surface area contributed by atoms with E-state index in [0.717, 1.165) is 4.47 Å². The van der Waals surface area contributed by atoms with Crippen LogP contribution in [0.15, 0.2) is 46.9 Å². The summed E-state index contributed by atoms with van der Waals surface area (Å²) in [6.07, 6.45) is 6.35. The topological polar surface area (TPSA) is 55.4 Å². The summed E-state index contributed by atoms with van der Waals surface area (Å²) in [4.78, 5) is 24.5. The fourth-order valence-corrected chi connectivity index (χ4v) is 3.80. The van der Waals surface area contributed by atoms with Crippen LogP contribution in [0.3, 0.4) is 0 Å². The Bertz CT molecular complexity index is 795. The Balaban J connectivity index is 1.75. The van der Waals surface area contributed by atoms with Crippen LogP contribution in [-0.4, -0.2) is 19.0 Å². The van der Waals surface area contributed by atoms with Crippen molar-refractivity contribution in [3.63, 3.8) is 0 Å². The summed E-state index contributed by atoms with van der Waals surface area (Å²) < 4.78 is 5.53. The van der Waals surface area contributed by atoms with Crippen molar-refractivity contribution in [1.82, 2.24) is 0 Å². The van der Waals surface area contributed by atoms with Gasteiger partial charge in [-0.1, -0.05) is 47.3 Å². The second kappa shape index (κ2) is 8.49. The number of esters is 1. The van der Waals surface area contributed by atoms with Crippen LogP contribution in [0, 0.1) is 0 Å². The number of ether oxygens (including phenoxy) is 1. The maximum atomic E-state index is 12.6. The maximum Gasteiger partial charge on any atom is 0.340 e. The monoisotopic (exact) mass is 415 g/mol. The van der Waals surface area contributed by atoms with E-state index in [2.05, 4.69) is 21.2 Å². The number of anilines is 1. The van der Waals surface area contributed by atoms with Crippen molar-refractivity contribution in [3.05, 3.63) is 63.6 Å². The zero-order valence-electron chi connectivity index (χ0n) is 14.8. The standard InChI is InChI=1S/C21H22BrNO3/c1-26-21(25)18-13-17(22)11-12-19(18)23-20(24)16-9-7-15(8-10-16)14-5-3-2-4-6-14/h7-14H,2-6H2,1H3,(H,23,24). The van der Waals surface area contributed by atoms with Crippen molar-refractivity contribution in [3.8, 4) is 0 Å². The number of hydrogen-bond acceptors (Lipinski definition) is 3. The Hall–Kier alpha value is -2.14. The fraction of sp³-hybridized carbons (Fsp3) is 0.333. The molecule has 1 amide bonds. The van der Waals surface area contributed by atoms with Gasteiger partial charge in [0.1, 0.15) is 0 Å². The molecule has 1 aliphatic carbocycles. The summed E-state index contributed by atoms with van der Waals surface area (Å²) in [5.74, 6) is -0.125. The second-order valence-electron chi connectivity index (χ2n) is 6.59. The molecule has 0 bridgehead atoms. The van der Waals surface area contributed by atoms with Gasteiger partial charge in [0.25, 0.3) is 5.91 Å². The summed E-state index contributed by atoms with van der Waals surface area (Å²) >= 11 is 3.33. The number of rotatable bonds is 4. The number of halogens is 1. The van der Waals surface area contributed by atoms with Gasteiger partial charge in [0.15, 0.2) is 0 Å². The molecule has 2 aromatic carbocycles. The Morgan fingerprint density at radius 1 is 1.04 bits per heavy atom. The lowest BCUT2D eigenvalue weighted by Crippen LogP contribution is -2.15. The smallest absolute Gasteiger partial charge is 0.340 e. The predicted molar refractivity (Wildman–Crippen MR) is 106 cm³/mol. The van der Waals surface area contributed by atoms with Crippen LogP contribution < -0.4 is 5.32 Å². The molecule has 4 nitrogen and oxygen atoms in total. The molecule has 3 rings (SSSR count). The molecule has 136 valence electrons. The molecule has 1 fully saturated rings. The van der Waals surface area contributed by atoms with Crippen LogP contribution in [0.1, 0.15) is 64.3 Å². The first-order chi connectivity index (χ1) is 12.6. The van der Waals surface area contributed by atoms with Crippen molar-refractivity contribution in [2.24, 2.45) is 0 Å². The average molecular weight is 416 g/mol. The van der Waals surface area contributed by atoms with Gasteiger partial charge in [-0.2, -0.15) is 0 Å². The summed E-state index contributed by atoms with van der Waals surface area (Å²) in [7, 11) is 1.32. The molecular weight excluding hydrogens is 394 g/mol. The zero-order valence-corrected chi connectivity index (χ0v) is 16.3. The lowest BCUT2D eigenvalue weighted by molar-refractivity contribution is 0.0602. The van der Waals surface area contributed by atoms with E-state index in [1.165, 1.54) is 44.8 Å². The molecule has 0 spiro atoms. The number of amides is 1. The van der Waals surface area contributed by atoms with E-state index < -0.39 is 5.97 Å². The van der Waals surface area contributed by atoms with E-state index >= 15 is 0 Å². The van der Waals surface area contributed by atoms with Crippen molar-refractivity contribution in [1.29, 1.82) is 0 Å². The van der Waals surface area contributed by atoms with Gasteiger partial charge in [0.05, 0.1) is 18.4 Å². The zero-order chi connectivity index (χ0) is 18.5. The van der Waals surface area contributed by atoms with E-state index in [4.69, 9.17) is 4.74 Å². The first kappa shape index (κ1) is 18.6. The van der Waals surface area contributed by atoms with Gasteiger partial charge in [-0.25, -0.2) is 4.79 Å². The van der Waals surface area contributed by atoms with Crippen LogP contribution in [0.5, 0.6) is 0 Å². The number of methoxy groups -OCH3 is 1. The van der Waals surface area contributed by atoms with Gasteiger partial charge in [0, 0.05) is 10.0 Å². The minimum Gasteiger partial charge on any atom is -0.465 e. The van der Waals surface area contributed by atoms with Crippen molar-refractivity contribution in [2.45, 2.75) is 38.0 Å². The van der Waals surface area contributed by atoms with Crippen LogP contribution in [0.4, 0.5) is 5.69 Å². The van der Waals surface area contributed by atoms with E-state index in [0.29, 0.717) is 22.7 Å². The lowest BCUT2D eigenvalue weighted by atomic mass is 9.84. The predicted octanol–water partition coefficient (Wildman–Crippen LogP) is 5.54. The molecule has 0 radical (unpaired) electrons. The first-order valence-corrected chi connectivity index (χ1v) is 9.67. The number of carbonyl (C=O) groups excluding carboxylic acids is 2. The maximum absolute atomic E-state index is 12.6. The molecule has 1 aliphatic rings. The highest BCUT2D eigenvalue weighted by molar-refractivity contribution is 9.10. The lowest BCUT2D eigenvalue weighted by Gasteiger charge is -2.22. The Kier molecular flexibility index (Phi) is 6.09. The van der Waals surface area contributed by atoms with E-state index in [-0.39, 0.29) is 5.91 Å². The third-order valence-electron chi connectivity index (χ3n) is 4.88. The summed E-state index contributed by atoms with van der Waals surface area (Å²) in [5, 5.41) is 2.81. The van der Waals surface area contributed by atoms with Gasteiger partial charge >= 0.3 is 5.97 Å². The molecule has 0 saturated heterocycles. The van der Waals surface area contributed by atoms with Crippen LogP contribution in [0.25, 0.3) is 0 Å². The van der Waals surface area contributed by atoms with E-state index in [9.17, 15) is 9.59 Å². The second-order valence-corrected chi connectivity index (χ2v) is 7.51. The highest BCUT2D eigenvalue weighted by atomic mass is 79.9. The van der Waals surface area contributed by atoms with Crippen LogP contribution >= 0.6 is 15.9 Å². The first-order valence-electron chi connectivity index (χ1n) is 8.87. The number of carbonyl (C=O) groups is 2.